The highest BCUT2D eigenvalue weighted by Gasteiger charge is 2.32. The minimum Gasteiger partial charge on any atom is -0.490 e. The van der Waals surface area contributed by atoms with Crippen molar-refractivity contribution in [2.24, 2.45) is 0 Å². The van der Waals surface area contributed by atoms with Gasteiger partial charge in [0.15, 0.2) is 5.78 Å². The van der Waals surface area contributed by atoms with Gasteiger partial charge in [0.1, 0.15) is 5.60 Å². The van der Waals surface area contributed by atoms with Crippen molar-refractivity contribution in [3.05, 3.63) is 48.2 Å². The molecular weight excluding hydrogens is 176 g/mol. The molecule has 0 fully saturated rings. The van der Waals surface area contributed by atoms with E-state index in [1.165, 1.54) is 12.3 Å². The summed E-state index contributed by atoms with van der Waals surface area (Å²) in [7, 11) is 0. The van der Waals surface area contributed by atoms with Crippen LogP contribution in [0.4, 0.5) is 0 Å². The second-order valence-electron chi connectivity index (χ2n) is 3.66. The van der Waals surface area contributed by atoms with Crippen LogP contribution in [0.15, 0.2) is 42.7 Å². The Balaban J connectivity index is 2.34. The summed E-state index contributed by atoms with van der Waals surface area (Å²) in [5, 5.41) is 0. The minimum absolute atomic E-state index is 0.114. The van der Waals surface area contributed by atoms with E-state index in [2.05, 4.69) is 0 Å². The number of rotatable bonds is 1. The Bertz CT molecular complexity index is 367. The molecule has 1 aliphatic heterocycles. The molecule has 72 valence electrons. The molecule has 0 amide bonds. The van der Waals surface area contributed by atoms with Crippen LogP contribution in [0, 0.1) is 0 Å². The third-order valence-corrected chi connectivity index (χ3v) is 2.48. The Morgan fingerprint density at radius 3 is 2.64 bits per heavy atom. The van der Waals surface area contributed by atoms with Gasteiger partial charge in [-0.25, -0.2) is 0 Å². The Labute approximate surface area is 83.2 Å². The number of carbonyl (C=O) groups excluding carboxylic acids is 1. The molecule has 2 nitrogen and oxygen atoms in total. The molecule has 1 heterocycles. The van der Waals surface area contributed by atoms with Gasteiger partial charge in [-0.1, -0.05) is 30.3 Å². The van der Waals surface area contributed by atoms with Crippen LogP contribution in [-0.2, 0) is 15.1 Å². The first-order chi connectivity index (χ1) is 6.71. The van der Waals surface area contributed by atoms with Crippen molar-refractivity contribution in [1.29, 1.82) is 0 Å². The fourth-order valence-corrected chi connectivity index (χ4v) is 1.65. The van der Waals surface area contributed by atoms with Crippen molar-refractivity contribution < 1.29 is 9.53 Å². The average molecular weight is 188 g/mol. The Morgan fingerprint density at radius 2 is 2.00 bits per heavy atom. The maximum absolute atomic E-state index is 11.3. The van der Waals surface area contributed by atoms with Gasteiger partial charge in [0, 0.05) is 6.08 Å². The lowest BCUT2D eigenvalue weighted by atomic mass is 9.89. The fourth-order valence-electron chi connectivity index (χ4n) is 1.65. The number of carbonyl (C=O) groups is 1. The summed E-state index contributed by atoms with van der Waals surface area (Å²) in [6, 6.07) is 9.81. The van der Waals surface area contributed by atoms with E-state index in [4.69, 9.17) is 4.74 Å². The molecular formula is C12H12O2. The molecule has 0 saturated heterocycles. The fraction of sp³-hybridized carbons (Fsp3) is 0.250. The van der Waals surface area contributed by atoms with Crippen molar-refractivity contribution in [2.45, 2.75) is 18.9 Å². The zero-order valence-corrected chi connectivity index (χ0v) is 8.07. The second-order valence-corrected chi connectivity index (χ2v) is 3.66. The number of ketones is 1. The number of hydrogen-bond acceptors (Lipinski definition) is 2. The summed E-state index contributed by atoms with van der Waals surface area (Å²) in [6.45, 7) is 1.93. The summed E-state index contributed by atoms with van der Waals surface area (Å²) >= 11 is 0. The highest BCUT2D eigenvalue weighted by molar-refractivity contribution is 5.90. The molecule has 2 heteroatoms. The van der Waals surface area contributed by atoms with E-state index in [1.807, 2.05) is 37.3 Å². The summed E-state index contributed by atoms with van der Waals surface area (Å²) in [6.07, 6.45) is 3.37. The van der Waals surface area contributed by atoms with Crippen LogP contribution in [0.1, 0.15) is 18.9 Å². The van der Waals surface area contributed by atoms with Crippen molar-refractivity contribution in [3.63, 3.8) is 0 Å². The lowest BCUT2D eigenvalue weighted by molar-refractivity contribution is -0.122. The normalized spacial score (nSPS) is 25.9. The first kappa shape index (κ1) is 9.00. The molecule has 14 heavy (non-hydrogen) atoms. The van der Waals surface area contributed by atoms with Gasteiger partial charge in [0.2, 0.25) is 0 Å². The third-order valence-electron chi connectivity index (χ3n) is 2.48. The zero-order valence-electron chi connectivity index (χ0n) is 8.07. The van der Waals surface area contributed by atoms with Crippen LogP contribution in [-0.4, -0.2) is 5.78 Å². The summed E-state index contributed by atoms with van der Waals surface area (Å²) in [4.78, 5) is 11.3. The molecule has 1 atom stereocenters. The van der Waals surface area contributed by atoms with E-state index in [-0.39, 0.29) is 5.78 Å². The van der Waals surface area contributed by atoms with Crippen molar-refractivity contribution in [3.8, 4) is 0 Å². The summed E-state index contributed by atoms with van der Waals surface area (Å²) in [5.41, 5.74) is 0.547. The largest absolute Gasteiger partial charge is 0.490 e. The van der Waals surface area contributed by atoms with Crippen LogP contribution < -0.4 is 0 Å². The lowest BCUT2D eigenvalue weighted by Gasteiger charge is -2.30. The van der Waals surface area contributed by atoms with E-state index in [0.29, 0.717) is 6.42 Å². The number of benzene rings is 1. The Kier molecular flexibility index (Phi) is 2.12. The quantitative estimate of drug-likeness (QED) is 0.676. The molecule has 1 aliphatic rings. The molecule has 0 saturated carbocycles. The van der Waals surface area contributed by atoms with E-state index < -0.39 is 5.60 Å². The average Bonchev–Trinajstić information content (AvgIpc) is 2.19. The maximum atomic E-state index is 11.3. The molecule has 0 aromatic heterocycles. The molecule has 1 unspecified atom stereocenters. The van der Waals surface area contributed by atoms with Gasteiger partial charge in [0.25, 0.3) is 0 Å². The van der Waals surface area contributed by atoms with E-state index in [9.17, 15) is 4.79 Å². The van der Waals surface area contributed by atoms with E-state index in [1.54, 1.807) is 0 Å². The maximum Gasteiger partial charge on any atom is 0.163 e. The molecule has 0 N–H and O–H groups in total. The first-order valence-corrected chi connectivity index (χ1v) is 4.63. The van der Waals surface area contributed by atoms with Gasteiger partial charge < -0.3 is 4.74 Å². The third kappa shape index (κ3) is 1.55. The van der Waals surface area contributed by atoms with Crippen LogP contribution in [0.3, 0.4) is 0 Å². The predicted octanol–water partition coefficient (Wildman–Crippen LogP) is 2.40. The predicted molar refractivity (Wildman–Crippen MR) is 53.6 cm³/mol. The topological polar surface area (TPSA) is 26.3 Å². The van der Waals surface area contributed by atoms with Gasteiger partial charge >= 0.3 is 0 Å². The summed E-state index contributed by atoms with van der Waals surface area (Å²) in [5.74, 6) is 0.114. The smallest absolute Gasteiger partial charge is 0.163 e. The van der Waals surface area contributed by atoms with Crippen molar-refractivity contribution >= 4 is 5.78 Å². The highest BCUT2D eigenvalue weighted by atomic mass is 16.5. The van der Waals surface area contributed by atoms with E-state index >= 15 is 0 Å². The monoisotopic (exact) mass is 188 g/mol. The van der Waals surface area contributed by atoms with E-state index in [0.717, 1.165) is 5.56 Å². The SMILES string of the molecule is CC1(c2ccccc2)CC(=O)C=CO1. The highest BCUT2D eigenvalue weighted by Crippen LogP contribution is 2.31. The van der Waals surface area contributed by atoms with Gasteiger partial charge in [-0.2, -0.15) is 0 Å². The van der Waals surface area contributed by atoms with Crippen molar-refractivity contribution in [1.82, 2.24) is 0 Å². The number of ether oxygens (including phenoxy) is 1. The molecule has 0 aliphatic carbocycles. The second kappa shape index (κ2) is 3.29. The first-order valence-electron chi connectivity index (χ1n) is 4.63. The molecule has 0 radical (unpaired) electrons. The van der Waals surface area contributed by atoms with Gasteiger partial charge in [0.05, 0.1) is 12.7 Å². The van der Waals surface area contributed by atoms with Gasteiger partial charge in [-0.05, 0) is 12.5 Å². The Hall–Kier alpha value is -1.57. The molecule has 0 spiro atoms. The standard InChI is InChI=1S/C12H12O2/c1-12(9-11(13)7-8-14-12)10-5-3-2-4-6-10/h2-8H,9H2,1H3. The summed E-state index contributed by atoms with van der Waals surface area (Å²) < 4.78 is 5.52. The van der Waals surface area contributed by atoms with Crippen LogP contribution in [0.2, 0.25) is 0 Å². The minimum atomic E-state index is -0.493. The van der Waals surface area contributed by atoms with Crippen LogP contribution in [0.5, 0.6) is 0 Å². The Morgan fingerprint density at radius 1 is 1.29 bits per heavy atom. The van der Waals surface area contributed by atoms with Gasteiger partial charge in [-0.3, -0.25) is 4.79 Å². The number of hydrogen-bond donors (Lipinski definition) is 0. The van der Waals surface area contributed by atoms with Crippen LogP contribution in [0.25, 0.3) is 0 Å². The zero-order chi connectivity index (χ0) is 10.0. The van der Waals surface area contributed by atoms with Gasteiger partial charge in [-0.15, -0.1) is 0 Å². The number of allylic oxidation sites excluding steroid dienone is 1. The van der Waals surface area contributed by atoms with Crippen molar-refractivity contribution in [2.75, 3.05) is 0 Å². The lowest BCUT2D eigenvalue weighted by Crippen LogP contribution is -2.29. The molecule has 1 aromatic rings. The van der Waals surface area contributed by atoms with Crippen LogP contribution >= 0.6 is 0 Å². The molecule has 0 bridgehead atoms. The molecule has 1 aromatic carbocycles. The molecule has 2 rings (SSSR count).